The molecule has 0 amide bonds. The van der Waals surface area contributed by atoms with Crippen LogP contribution in [-0.4, -0.2) is 9.97 Å². The Bertz CT molecular complexity index is 1480. The topological polar surface area (TPSA) is 38.9 Å². The van der Waals surface area contributed by atoms with E-state index in [0.29, 0.717) is 17.0 Å². The van der Waals surface area contributed by atoms with Crippen LogP contribution in [0.3, 0.4) is 0 Å². The van der Waals surface area contributed by atoms with E-state index in [2.05, 4.69) is 9.97 Å². The van der Waals surface area contributed by atoms with Crippen molar-refractivity contribution in [3.63, 3.8) is 0 Å². The molecule has 0 N–H and O–H groups in total. The van der Waals surface area contributed by atoms with Gasteiger partial charge < -0.3 is 4.42 Å². The summed E-state index contributed by atoms with van der Waals surface area (Å²) >= 11 is 0. The standard InChI is InChI=1S/C24H18N2O/c1-15-6-5-7-18(12-15)24-25-16(2)13-21(26-24)17-10-11-20-19-8-3-4-9-22(19)27-23(20)14-17/h3-14H,1-2H3/i5D,6D,7D,12D. The Kier molecular flexibility index (Phi) is 2.70. The average molecular weight is 354 g/mol. The molecular weight excluding hydrogens is 332 g/mol. The van der Waals surface area contributed by atoms with Gasteiger partial charge in [0.15, 0.2) is 5.82 Å². The fourth-order valence-electron chi connectivity index (χ4n) is 3.26. The molecule has 5 aromatic rings. The van der Waals surface area contributed by atoms with Crippen LogP contribution >= 0.6 is 0 Å². The highest BCUT2D eigenvalue weighted by molar-refractivity contribution is 6.05. The molecule has 0 aliphatic rings. The molecular formula is C24H18N2O. The quantitative estimate of drug-likeness (QED) is 0.372. The molecule has 0 spiro atoms. The summed E-state index contributed by atoms with van der Waals surface area (Å²) in [5.41, 5.74) is 4.24. The Balaban J connectivity index is 1.71. The molecule has 27 heavy (non-hydrogen) atoms. The molecule has 2 aromatic heterocycles. The Morgan fingerprint density at radius 2 is 1.70 bits per heavy atom. The number of hydrogen-bond acceptors (Lipinski definition) is 3. The van der Waals surface area contributed by atoms with Crippen LogP contribution in [0.25, 0.3) is 44.6 Å². The van der Waals surface area contributed by atoms with E-state index in [0.717, 1.165) is 27.5 Å². The zero-order chi connectivity index (χ0) is 21.9. The van der Waals surface area contributed by atoms with Crippen molar-refractivity contribution in [2.45, 2.75) is 13.8 Å². The largest absolute Gasteiger partial charge is 0.456 e. The number of rotatable bonds is 2. The maximum absolute atomic E-state index is 8.41. The van der Waals surface area contributed by atoms with Crippen LogP contribution < -0.4 is 0 Å². The number of para-hydroxylation sites is 1. The summed E-state index contributed by atoms with van der Waals surface area (Å²) in [4.78, 5) is 9.07. The lowest BCUT2D eigenvalue weighted by molar-refractivity contribution is 0.669. The SMILES string of the molecule is [2H]c1c([2H])c(C)c([2H])c(-c2nc(C)cc(-c3ccc4c(c3)oc3ccccc34)n2)c1[2H]. The Morgan fingerprint density at radius 3 is 2.63 bits per heavy atom. The van der Waals surface area contributed by atoms with E-state index < -0.39 is 0 Å². The lowest BCUT2D eigenvalue weighted by atomic mass is 10.1. The second-order valence-corrected chi connectivity index (χ2v) is 6.53. The highest BCUT2D eigenvalue weighted by atomic mass is 16.3. The maximum atomic E-state index is 8.41. The molecule has 0 atom stereocenters. The molecule has 3 heteroatoms. The zero-order valence-corrected chi connectivity index (χ0v) is 14.9. The molecule has 3 nitrogen and oxygen atoms in total. The van der Waals surface area contributed by atoms with Gasteiger partial charge in [-0.05, 0) is 44.2 Å². The van der Waals surface area contributed by atoms with E-state index in [1.54, 1.807) is 6.92 Å². The fraction of sp³-hybridized carbons (Fsp3) is 0.0833. The van der Waals surface area contributed by atoms with Crippen molar-refractivity contribution < 1.29 is 9.90 Å². The monoisotopic (exact) mass is 354 g/mol. The number of benzene rings is 3. The van der Waals surface area contributed by atoms with Gasteiger partial charge in [0.25, 0.3) is 0 Å². The summed E-state index contributed by atoms with van der Waals surface area (Å²) in [5.74, 6) is 0.214. The molecule has 0 unspecified atom stereocenters. The van der Waals surface area contributed by atoms with Gasteiger partial charge in [0.2, 0.25) is 0 Å². The fourth-order valence-corrected chi connectivity index (χ4v) is 3.26. The van der Waals surface area contributed by atoms with Crippen LogP contribution in [0.2, 0.25) is 0 Å². The van der Waals surface area contributed by atoms with Crippen molar-refractivity contribution in [2.75, 3.05) is 0 Å². The maximum Gasteiger partial charge on any atom is 0.160 e. The van der Waals surface area contributed by atoms with Crippen LogP contribution in [0.15, 0.2) is 77.1 Å². The third-order valence-corrected chi connectivity index (χ3v) is 4.50. The summed E-state index contributed by atoms with van der Waals surface area (Å²) in [6.45, 7) is 3.44. The van der Waals surface area contributed by atoms with Gasteiger partial charge in [-0.3, -0.25) is 0 Å². The Hall–Kier alpha value is -3.46. The smallest absolute Gasteiger partial charge is 0.160 e. The minimum Gasteiger partial charge on any atom is -0.456 e. The van der Waals surface area contributed by atoms with Gasteiger partial charge in [0.1, 0.15) is 11.2 Å². The zero-order valence-electron chi connectivity index (χ0n) is 18.9. The lowest BCUT2D eigenvalue weighted by Crippen LogP contribution is -1.95. The molecule has 0 saturated carbocycles. The van der Waals surface area contributed by atoms with Crippen molar-refractivity contribution in [3.8, 4) is 22.6 Å². The van der Waals surface area contributed by atoms with Crippen LogP contribution in [0.4, 0.5) is 0 Å². The molecule has 0 aliphatic carbocycles. The molecule has 0 radical (unpaired) electrons. The highest BCUT2D eigenvalue weighted by Gasteiger charge is 2.11. The van der Waals surface area contributed by atoms with E-state index in [9.17, 15) is 0 Å². The van der Waals surface area contributed by atoms with Gasteiger partial charge in [-0.15, -0.1) is 0 Å². The van der Waals surface area contributed by atoms with Gasteiger partial charge in [0, 0.05) is 27.6 Å². The molecule has 0 saturated heterocycles. The van der Waals surface area contributed by atoms with Crippen LogP contribution in [0.1, 0.15) is 16.7 Å². The van der Waals surface area contributed by atoms with Crippen molar-refractivity contribution >= 4 is 21.9 Å². The summed E-state index contributed by atoms with van der Waals surface area (Å²) in [5, 5.41) is 2.07. The van der Waals surface area contributed by atoms with E-state index in [-0.39, 0.29) is 35.6 Å². The van der Waals surface area contributed by atoms with E-state index in [1.807, 2.05) is 55.5 Å². The number of nitrogens with zero attached hydrogens (tertiary/aromatic N) is 2. The third-order valence-electron chi connectivity index (χ3n) is 4.50. The second-order valence-electron chi connectivity index (χ2n) is 6.53. The van der Waals surface area contributed by atoms with Crippen LogP contribution in [0.5, 0.6) is 0 Å². The number of fused-ring (bicyclic) bond motifs is 3. The summed E-state index contributed by atoms with van der Waals surface area (Å²) < 4.78 is 38.7. The minimum absolute atomic E-state index is 0.00952. The molecule has 5 rings (SSSR count). The number of hydrogen-bond donors (Lipinski definition) is 0. The van der Waals surface area contributed by atoms with Gasteiger partial charge in [-0.25, -0.2) is 9.97 Å². The summed E-state index contributed by atoms with van der Waals surface area (Å²) in [6, 6.07) is 15.1. The van der Waals surface area contributed by atoms with Crippen LogP contribution in [-0.2, 0) is 0 Å². The second kappa shape index (κ2) is 6.06. The highest BCUT2D eigenvalue weighted by Crippen LogP contribution is 2.32. The van der Waals surface area contributed by atoms with Crippen molar-refractivity contribution in [1.29, 1.82) is 0 Å². The van der Waals surface area contributed by atoms with Crippen molar-refractivity contribution in [3.05, 3.63) is 84.0 Å². The van der Waals surface area contributed by atoms with E-state index >= 15 is 0 Å². The Morgan fingerprint density at radius 1 is 0.852 bits per heavy atom. The Labute approximate surface area is 162 Å². The molecule has 2 heterocycles. The predicted molar refractivity (Wildman–Crippen MR) is 110 cm³/mol. The number of furan rings is 1. The first-order valence-corrected chi connectivity index (χ1v) is 8.70. The minimum atomic E-state index is -0.223. The van der Waals surface area contributed by atoms with Gasteiger partial charge in [-0.1, -0.05) is 48.0 Å². The normalized spacial score (nSPS) is 13.4. The molecule has 3 aromatic carbocycles. The van der Waals surface area contributed by atoms with Gasteiger partial charge >= 0.3 is 0 Å². The first-order chi connectivity index (χ1) is 14.8. The van der Waals surface area contributed by atoms with E-state index in [4.69, 9.17) is 9.90 Å². The first kappa shape index (κ1) is 12.0. The van der Waals surface area contributed by atoms with Crippen LogP contribution in [0, 0.1) is 13.8 Å². The predicted octanol–water partition coefficient (Wildman–Crippen LogP) is 6.33. The molecule has 0 bridgehead atoms. The van der Waals surface area contributed by atoms with Crippen molar-refractivity contribution in [2.24, 2.45) is 0 Å². The summed E-state index contributed by atoms with van der Waals surface area (Å²) in [6.07, 6.45) is 0. The third kappa shape index (κ3) is 2.77. The lowest BCUT2D eigenvalue weighted by Gasteiger charge is -2.07. The van der Waals surface area contributed by atoms with Gasteiger partial charge in [-0.2, -0.15) is 0 Å². The molecule has 130 valence electrons. The van der Waals surface area contributed by atoms with Crippen molar-refractivity contribution in [1.82, 2.24) is 9.97 Å². The van der Waals surface area contributed by atoms with Gasteiger partial charge in [0.05, 0.1) is 11.2 Å². The summed E-state index contributed by atoms with van der Waals surface area (Å²) in [7, 11) is 0. The first-order valence-electron chi connectivity index (χ1n) is 10.7. The molecule has 0 aliphatic heterocycles. The molecule has 0 fully saturated rings. The average Bonchev–Trinajstić information content (AvgIpc) is 3.14. The van der Waals surface area contributed by atoms with E-state index in [1.165, 1.54) is 0 Å². The number of aromatic nitrogens is 2. The number of aryl methyl sites for hydroxylation is 1.